The van der Waals surface area contributed by atoms with Crippen LogP contribution in [0.5, 0.6) is 0 Å². The van der Waals surface area contributed by atoms with Crippen molar-refractivity contribution in [2.75, 3.05) is 26.2 Å². The molecule has 33 heavy (non-hydrogen) atoms. The maximum absolute atomic E-state index is 13.1. The van der Waals surface area contributed by atoms with E-state index in [2.05, 4.69) is 28.6 Å². The van der Waals surface area contributed by atoms with Gasteiger partial charge in [-0.2, -0.15) is 4.31 Å². The van der Waals surface area contributed by atoms with E-state index < -0.39 is 10.0 Å². The van der Waals surface area contributed by atoms with Crippen LogP contribution in [0.25, 0.3) is 11.3 Å². The molecule has 1 atom stereocenters. The Morgan fingerprint density at radius 2 is 1.61 bits per heavy atom. The van der Waals surface area contributed by atoms with Crippen LogP contribution in [0.1, 0.15) is 13.8 Å². The van der Waals surface area contributed by atoms with Gasteiger partial charge in [0, 0.05) is 32.7 Å². The minimum absolute atomic E-state index is 0.00340. The SMILES string of the molecule is CCn1c(-c2ccccc2)cnc1SC(C)C(=O)N1CCN(S(=O)(=O)c2ccccc2)CC1. The van der Waals surface area contributed by atoms with Crippen molar-refractivity contribution in [3.8, 4) is 11.3 Å². The first-order chi connectivity index (χ1) is 15.9. The van der Waals surface area contributed by atoms with Crippen LogP contribution < -0.4 is 0 Å². The molecule has 7 nitrogen and oxygen atoms in total. The van der Waals surface area contributed by atoms with E-state index in [0.29, 0.717) is 26.2 Å². The Kier molecular flexibility index (Phi) is 7.21. The van der Waals surface area contributed by atoms with Gasteiger partial charge in [-0.25, -0.2) is 13.4 Å². The van der Waals surface area contributed by atoms with Gasteiger partial charge in [-0.3, -0.25) is 4.79 Å². The first-order valence-electron chi connectivity index (χ1n) is 11.0. The van der Waals surface area contributed by atoms with E-state index in [1.807, 2.05) is 31.3 Å². The highest BCUT2D eigenvalue weighted by Gasteiger charge is 2.32. The minimum atomic E-state index is -3.54. The van der Waals surface area contributed by atoms with Gasteiger partial charge in [0.05, 0.1) is 22.0 Å². The Bertz CT molecular complexity index is 1190. The van der Waals surface area contributed by atoms with Gasteiger partial charge in [-0.05, 0) is 31.5 Å². The summed E-state index contributed by atoms with van der Waals surface area (Å²) in [5.74, 6) is 0.00340. The van der Waals surface area contributed by atoms with Crippen molar-refractivity contribution < 1.29 is 13.2 Å². The molecule has 1 aliphatic heterocycles. The number of piperazine rings is 1. The number of hydrogen-bond acceptors (Lipinski definition) is 5. The molecule has 1 unspecified atom stereocenters. The van der Waals surface area contributed by atoms with Crippen LogP contribution >= 0.6 is 11.8 Å². The van der Waals surface area contributed by atoms with Crippen molar-refractivity contribution in [1.82, 2.24) is 18.8 Å². The molecule has 1 fully saturated rings. The fourth-order valence-electron chi connectivity index (χ4n) is 3.95. The van der Waals surface area contributed by atoms with E-state index in [4.69, 9.17) is 0 Å². The summed E-state index contributed by atoms with van der Waals surface area (Å²) >= 11 is 1.44. The second kappa shape index (κ2) is 10.1. The molecule has 1 saturated heterocycles. The van der Waals surface area contributed by atoms with Gasteiger partial charge in [0.2, 0.25) is 15.9 Å². The first-order valence-corrected chi connectivity index (χ1v) is 13.4. The highest BCUT2D eigenvalue weighted by Crippen LogP contribution is 2.29. The van der Waals surface area contributed by atoms with Crippen LogP contribution in [-0.2, 0) is 21.4 Å². The van der Waals surface area contributed by atoms with Crippen LogP contribution in [0.4, 0.5) is 0 Å². The lowest BCUT2D eigenvalue weighted by Gasteiger charge is -2.35. The number of rotatable bonds is 7. The van der Waals surface area contributed by atoms with Crippen LogP contribution in [0, 0.1) is 0 Å². The Morgan fingerprint density at radius 3 is 2.21 bits per heavy atom. The zero-order valence-electron chi connectivity index (χ0n) is 18.8. The summed E-state index contributed by atoms with van der Waals surface area (Å²) < 4.78 is 29.2. The van der Waals surface area contributed by atoms with Gasteiger partial charge in [0.15, 0.2) is 5.16 Å². The number of benzene rings is 2. The number of thioether (sulfide) groups is 1. The molecule has 1 amide bonds. The number of carbonyl (C=O) groups is 1. The van der Waals surface area contributed by atoms with Gasteiger partial charge in [-0.1, -0.05) is 60.3 Å². The number of amides is 1. The lowest BCUT2D eigenvalue weighted by molar-refractivity contribution is -0.131. The van der Waals surface area contributed by atoms with Crippen molar-refractivity contribution in [3.05, 3.63) is 66.9 Å². The molecule has 1 aliphatic rings. The summed E-state index contributed by atoms with van der Waals surface area (Å²) in [6.45, 7) is 6.06. The molecule has 0 aliphatic carbocycles. The van der Waals surface area contributed by atoms with Gasteiger partial charge in [0.1, 0.15) is 0 Å². The van der Waals surface area contributed by atoms with Crippen molar-refractivity contribution in [2.24, 2.45) is 0 Å². The lowest BCUT2D eigenvalue weighted by Crippen LogP contribution is -2.52. The van der Waals surface area contributed by atoms with Gasteiger partial charge < -0.3 is 9.47 Å². The number of imidazole rings is 1. The highest BCUT2D eigenvalue weighted by molar-refractivity contribution is 8.00. The topological polar surface area (TPSA) is 75.5 Å². The lowest BCUT2D eigenvalue weighted by atomic mass is 10.2. The molecule has 2 heterocycles. The van der Waals surface area contributed by atoms with Crippen LogP contribution in [-0.4, -0.2) is 64.5 Å². The normalized spacial score (nSPS) is 16.0. The Balaban J connectivity index is 1.40. The molecule has 3 aromatic rings. The molecule has 174 valence electrons. The van der Waals surface area contributed by atoms with Gasteiger partial charge in [-0.15, -0.1) is 0 Å². The molecule has 0 spiro atoms. The zero-order chi connectivity index (χ0) is 23.4. The summed E-state index contributed by atoms with van der Waals surface area (Å²) in [6.07, 6.45) is 1.85. The Morgan fingerprint density at radius 1 is 1.00 bits per heavy atom. The molecule has 1 aromatic heterocycles. The molecular weight excluding hydrogens is 456 g/mol. The summed E-state index contributed by atoms with van der Waals surface area (Å²) in [5, 5.41) is 0.487. The summed E-state index contributed by atoms with van der Waals surface area (Å²) in [7, 11) is -3.54. The van der Waals surface area contributed by atoms with Crippen molar-refractivity contribution >= 4 is 27.7 Å². The number of sulfonamides is 1. The van der Waals surface area contributed by atoms with Gasteiger partial charge in [0.25, 0.3) is 0 Å². The van der Waals surface area contributed by atoms with Crippen molar-refractivity contribution in [2.45, 2.75) is 35.7 Å². The minimum Gasteiger partial charge on any atom is -0.339 e. The van der Waals surface area contributed by atoms with Crippen LogP contribution in [0.15, 0.2) is 76.9 Å². The molecule has 0 saturated carbocycles. The third kappa shape index (κ3) is 5.00. The quantitative estimate of drug-likeness (QED) is 0.479. The fraction of sp³-hybridized carbons (Fsp3) is 0.333. The summed E-state index contributed by atoms with van der Waals surface area (Å²) in [4.78, 5) is 19.7. The third-order valence-electron chi connectivity index (χ3n) is 5.77. The molecule has 0 bridgehead atoms. The van der Waals surface area contributed by atoms with Crippen molar-refractivity contribution in [3.63, 3.8) is 0 Å². The van der Waals surface area contributed by atoms with E-state index in [1.54, 1.807) is 35.2 Å². The fourth-order valence-corrected chi connectivity index (χ4v) is 6.43. The van der Waals surface area contributed by atoms with E-state index in [1.165, 1.54) is 16.1 Å². The average molecular weight is 485 g/mol. The number of hydrogen-bond donors (Lipinski definition) is 0. The third-order valence-corrected chi connectivity index (χ3v) is 8.77. The predicted molar refractivity (Wildman–Crippen MR) is 130 cm³/mol. The Hall–Kier alpha value is -2.62. The van der Waals surface area contributed by atoms with Crippen LogP contribution in [0.2, 0.25) is 0 Å². The molecule has 9 heteroatoms. The van der Waals surface area contributed by atoms with E-state index in [-0.39, 0.29) is 16.1 Å². The van der Waals surface area contributed by atoms with Gasteiger partial charge >= 0.3 is 0 Å². The number of nitrogens with zero attached hydrogens (tertiary/aromatic N) is 4. The number of carbonyl (C=O) groups excluding carboxylic acids is 1. The molecular formula is C24H28N4O3S2. The Labute approximate surface area is 199 Å². The molecule has 0 radical (unpaired) electrons. The van der Waals surface area contributed by atoms with E-state index in [0.717, 1.165) is 23.0 Å². The van der Waals surface area contributed by atoms with Crippen molar-refractivity contribution in [1.29, 1.82) is 0 Å². The van der Waals surface area contributed by atoms with E-state index in [9.17, 15) is 13.2 Å². The standard InChI is InChI=1S/C24H28N4O3S2/c1-3-28-22(20-10-6-4-7-11-20)18-25-24(28)32-19(2)23(29)26-14-16-27(17-15-26)33(30,31)21-12-8-5-9-13-21/h4-13,18-19H,3,14-17H2,1-2H3. The highest BCUT2D eigenvalue weighted by atomic mass is 32.2. The summed E-state index contributed by atoms with van der Waals surface area (Å²) in [5.41, 5.74) is 2.12. The van der Waals surface area contributed by atoms with Crippen LogP contribution in [0.3, 0.4) is 0 Å². The maximum atomic E-state index is 13.1. The number of aromatic nitrogens is 2. The predicted octanol–water partition coefficient (Wildman–Crippen LogP) is 3.58. The maximum Gasteiger partial charge on any atom is 0.243 e. The van der Waals surface area contributed by atoms with E-state index >= 15 is 0 Å². The monoisotopic (exact) mass is 484 g/mol. The molecule has 2 aromatic carbocycles. The smallest absolute Gasteiger partial charge is 0.243 e. The zero-order valence-corrected chi connectivity index (χ0v) is 20.4. The second-order valence-corrected chi connectivity index (χ2v) is 11.1. The second-order valence-electron chi connectivity index (χ2n) is 7.84. The summed E-state index contributed by atoms with van der Waals surface area (Å²) in [6, 6.07) is 18.5. The average Bonchev–Trinajstić information content (AvgIpc) is 3.27. The largest absolute Gasteiger partial charge is 0.339 e. The first kappa shape index (κ1) is 23.5. The molecule has 0 N–H and O–H groups in total. The molecule has 4 rings (SSSR count).